The van der Waals surface area contributed by atoms with E-state index in [0.717, 1.165) is 71.5 Å². The third kappa shape index (κ3) is 4.70. The Morgan fingerprint density at radius 2 is 1.50 bits per heavy atom. The van der Waals surface area contributed by atoms with Gasteiger partial charge in [-0.3, -0.25) is 4.79 Å². The molecule has 0 aromatic carbocycles. The van der Waals surface area contributed by atoms with E-state index in [4.69, 9.17) is 0 Å². The van der Waals surface area contributed by atoms with Gasteiger partial charge in [-0.15, -0.1) is 0 Å². The van der Waals surface area contributed by atoms with Crippen LogP contribution in [0.4, 0.5) is 4.79 Å². The van der Waals surface area contributed by atoms with Crippen LogP contribution in [0.25, 0.3) is 0 Å². The minimum Gasteiger partial charge on any atom is -0.342 e. The van der Waals surface area contributed by atoms with Gasteiger partial charge < -0.3 is 20.0 Å². The van der Waals surface area contributed by atoms with E-state index in [9.17, 15) is 9.59 Å². The van der Waals surface area contributed by atoms with Crippen LogP contribution in [0.1, 0.15) is 45.4 Å². The SMILES string of the molecule is CCN1CCC(CC(=O)N2CCC(C3CCN(C(=O)NC)CC3)C2)CC1. The molecule has 3 rings (SSSR count). The van der Waals surface area contributed by atoms with E-state index in [-0.39, 0.29) is 6.03 Å². The lowest BCUT2D eigenvalue weighted by Crippen LogP contribution is -2.44. The number of nitrogens with zero attached hydrogens (tertiary/aromatic N) is 3. The summed E-state index contributed by atoms with van der Waals surface area (Å²) in [7, 11) is 1.70. The molecule has 0 bridgehead atoms. The van der Waals surface area contributed by atoms with Crippen LogP contribution in [-0.4, -0.2) is 79.5 Å². The Hall–Kier alpha value is -1.30. The largest absolute Gasteiger partial charge is 0.342 e. The van der Waals surface area contributed by atoms with Gasteiger partial charge in [-0.05, 0) is 69.5 Å². The first-order chi connectivity index (χ1) is 12.6. The van der Waals surface area contributed by atoms with Gasteiger partial charge in [0.2, 0.25) is 5.91 Å². The maximum atomic E-state index is 12.7. The number of likely N-dealkylation sites (tertiary alicyclic amines) is 3. The quantitative estimate of drug-likeness (QED) is 0.830. The number of hydrogen-bond acceptors (Lipinski definition) is 3. The highest BCUT2D eigenvalue weighted by atomic mass is 16.2. The summed E-state index contributed by atoms with van der Waals surface area (Å²) in [5.41, 5.74) is 0. The van der Waals surface area contributed by atoms with Gasteiger partial charge in [0.1, 0.15) is 0 Å². The van der Waals surface area contributed by atoms with Crippen LogP contribution in [0.5, 0.6) is 0 Å². The molecule has 6 nitrogen and oxygen atoms in total. The summed E-state index contributed by atoms with van der Waals surface area (Å²) in [6.07, 6.45) is 6.40. The number of hydrogen-bond donors (Lipinski definition) is 1. The molecule has 3 aliphatic rings. The Morgan fingerprint density at radius 3 is 2.12 bits per heavy atom. The predicted octanol–water partition coefficient (Wildman–Crippen LogP) is 2.01. The summed E-state index contributed by atoms with van der Waals surface area (Å²) in [6, 6.07) is 0.0424. The molecule has 1 N–H and O–H groups in total. The van der Waals surface area contributed by atoms with Crippen molar-refractivity contribution in [3.05, 3.63) is 0 Å². The van der Waals surface area contributed by atoms with Crippen LogP contribution in [0.2, 0.25) is 0 Å². The van der Waals surface area contributed by atoms with Crippen molar-refractivity contribution in [2.24, 2.45) is 17.8 Å². The Bertz CT molecular complexity index is 482. The first-order valence-corrected chi connectivity index (χ1v) is 10.6. The summed E-state index contributed by atoms with van der Waals surface area (Å²) in [5.74, 6) is 2.26. The second-order valence-electron chi connectivity index (χ2n) is 8.35. The summed E-state index contributed by atoms with van der Waals surface area (Å²) in [5, 5.41) is 2.72. The standard InChI is InChI=1S/C20H36N4O2/c1-3-22-9-4-16(5-10-22)14-19(25)24-13-8-18(15-24)17-6-11-23(12-7-17)20(26)21-2/h16-18H,3-15H2,1-2H3,(H,21,26). The molecule has 0 saturated carbocycles. The van der Waals surface area contributed by atoms with E-state index in [1.807, 2.05) is 4.90 Å². The highest BCUT2D eigenvalue weighted by Crippen LogP contribution is 2.32. The van der Waals surface area contributed by atoms with Crippen LogP contribution in [0.3, 0.4) is 0 Å². The fourth-order valence-corrected chi connectivity index (χ4v) is 5.01. The average molecular weight is 365 g/mol. The molecule has 0 aromatic rings. The van der Waals surface area contributed by atoms with Crippen molar-refractivity contribution in [2.75, 3.05) is 52.9 Å². The molecule has 3 amide bonds. The number of rotatable bonds is 4. The predicted molar refractivity (Wildman–Crippen MR) is 103 cm³/mol. The number of amides is 3. The molecule has 148 valence electrons. The molecular weight excluding hydrogens is 328 g/mol. The first kappa shape index (κ1) is 19.5. The second kappa shape index (κ2) is 9.07. The molecule has 0 aliphatic carbocycles. The van der Waals surface area contributed by atoms with Crippen LogP contribution >= 0.6 is 0 Å². The van der Waals surface area contributed by atoms with Crippen molar-refractivity contribution < 1.29 is 9.59 Å². The van der Waals surface area contributed by atoms with Crippen LogP contribution in [0.15, 0.2) is 0 Å². The van der Waals surface area contributed by atoms with E-state index in [0.29, 0.717) is 23.7 Å². The van der Waals surface area contributed by atoms with Gasteiger partial charge in [-0.25, -0.2) is 4.79 Å². The van der Waals surface area contributed by atoms with Crippen LogP contribution in [0, 0.1) is 17.8 Å². The van der Waals surface area contributed by atoms with E-state index < -0.39 is 0 Å². The monoisotopic (exact) mass is 364 g/mol. The Kier molecular flexibility index (Phi) is 6.79. The van der Waals surface area contributed by atoms with Crippen molar-refractivity contribution >= 4 is 11.9 Å². The van der Waals surface area contributed by atoms with Crippen molar-refractivity contribution in [3.8, 4) is 0 Å². The molecule has 3 fully saturated rings. The highest BCUT2D eigenvalue weighted by molar-refractivity contribution is 5.76. The van der Waals surface area contributed by atoms with E-state index in [1.54, 1.807) is 7.05 Å². The zero-order valence-electron chi connectivity index (χ0n) is 16.6. The topological polar surface area (TPSA) is 55.9 Å². The zero-order chi connectivity index (χ0) is 18.5. The smallest absolute Gasteiger partial charge is 0.317 e. The maximum absolute atomic E-state index is 12.7. The summed E-state index contributed by atoms with van der Waals surface area (Å²) in [6.45, 7) is 9.24. The number of piperidine rings is 2. The van der Waals surface area contributed by atoms with Gasteiger partial charge in [0.15, 0.2) is 0 Å². The Morgan fingerprint density at radius 1 is 0.885 bits per heavy atom. The summed E-state index contributed by atoms with van der Waals surface area (Å²) >= 11 is 0. The van der Waals surface area contributed by atoms with E-state index >= 15 is 0 Å². The fraction of sp³-hybridized carbons (Fsp3) is 0.900. The van der Waals surface area contributed by atoms with Crippen LogP contribution < -0.4 is 5.32 Å². The Balaban J connectivity index is 1.40. The molecule has 3 saturated heterocycles. The number of carbonyl (C=O) groups is 2. The zero-order valence-corrected chi connectivity index (χ0v) is 16.6. The molecule has 0 radical (unpaired) electrons. The minimum atomic E-state index is 0.0424. The molecule has 6 heteroatoms. The highest BCUT2D eigenvalue weighted by Gasteiger charge is 2.35. The van der Waals surface area contributed by atoms with Gasteiger partial charge in [0, 0.05) is 39.6 Å². The molecule has 1 unspecified atom stereocenters. The lowest BCUT2D eigenvalue weighted by atomic mass is 9.84. The van der Waals surface area contributed by atoms with Crippen molar-refractivity contribution in [3.63, 3.8) is 0 Å². The lowest BCUT2D eigenvalue weighted by molar-refractivity contribution is -0.131. The maximum Gasteiger partial charge on any atom is 0.317 e. The van der Waals surface area contributed by atoms with Crippen molar-refractivity contribution in [1.29, 1.82) is 0 Å². The molecule has 3 aliphatic heterocycles. The van der Waals surface area contributed by atoms with Crippen molar-refractivity contribution in [2.45, 2.75) is 45.4 Å². The average Bonchev–Trinajstić information content (AvgIpc) is 3.18. The normalized spacial score (nSPS) is 26.3. The number of carbonyl (C=O) groups excluding carboxylic acids is 2. The van der Waals surface area contributed by atoms with Gasteiger partial charge in [0.25, 0.3) is 0 Å². The number of urea groups is 1. The van der Waals surface area contributed by atoms with E-state index in [1.165, 1.54) is 12.8 Å². The fourth-order valence-electron chi connectivity index (χ4n) is 5.01. The molecule has 3 heterocycles. The van der Waals surface area contributed by atoms with Gasteiger partial charge in [0.05, 0.1) is 0 Å². The van der Waals surface area contributed by atoms with Gasteiger partial charge in [-0.2, -0.15) is 0 Å². The van der Waals surface area contributed by atoms with Gasteiger partial charge >= 0.3 is 6.03 Å². The molecule has 0 spiro atoms. The molecular formula is C20H36N4O2. The first-order valence-electron chi connectivity index (χ1n) is 10.6. The Labute approximate surface area is 158 Å². The van der Waals surface area contributed by atoms with Crippen LogP contribution in [-0.2, 0) is 4.79 Å². The lowest BCUT2D eigenvalue weighted by Gasteiger charge is -2.34. The van der Waals surface area contributed by atoms with Crippen molar-refractivity contribution in [1.82, 2.24) is 20.0 Å². The van der Waals surface area contributed by atoms with Gasteiger partial charge in [-0.1, -0.05) is 6.92 Å². The number of nitrogens with one attached hydrogen (secondary N) is 1. The molecule has 1 atom stereocenters. The molecule has 0 aromatic heterocycles. The summed E-state index contributed by atoms with van der Waals surface area (Å²) < 4.78 is 0. The third-order valence-electron chi connectivity index (χ3n) is 6.90. The molecule has 26 heavy (non-hydrogen) atoms. The summed E-state index contributed by atoms with van der Waals surface area (Å²) in [4.78, 5) is 31.0. The minimum absolute atomic E-state index is 0.0424. The van der Waals surface area contributed by atoms with E-state index in [2.05, 4.69) is 22.0 Å². The second-order valence-corrected chi connectivity index (χ2v) is 8.35. The third-order valence-corrected chi connectivity index (χ3v) is 6.90.